The summed E-state index contributed by atoms with van der Waals surface area (Å²) in [5.41, 5.74) is -0.145. The van der Waals surface area contributed by atoms with Gasteiger partial charge in [-0.25, -0.2) is 8.42 Å². The second-order valence-electron chi connectivity index (χ2n) is 4.25. The maximum atomic E-state index is 12.1. The maximum absolute atomic E-state index is 12.1. The third kappa shape index (κ3) is 2.97. The number of benzene rings is 2. The van der Waals surface area contributed by atoms with Crippen LogP contribution in [-0.4, -0.2) is 30.1 Å². The summed E-state index contributed by atoms with van der Waals surface area (Å²) in [7, 11) is -3.63. The second kappa shape index (κ2) is 5.34. The summed E-state index contributed by atoms with van der Waals surface area (Å²) < 4.78 is 24.2. The topological polar surface area (TPSA) is 98.5 Å². The van der Waals surface area contributed by atoms with Gasteiger partial charge in [-0.05, 0) is 24.3 Å². The van der Waals surface area contributed by atoms with Gasteiger partial charge in [0, 0.05) is 11.6 Å². The molecule has 20 heavy (non-hydrogen) atoms. The quantitative estimate of drug-likeness (QED) is 0.750. The molecule has 0 saturated heterocycles. The summed E-state index contributed by atoms with van der Waals surface area (Å²) in [6.07, 6.45) is 0. The van der Waals surface area contributed by atoms with Crippen molar-refractivity contribution in [2.75, 3.05) is 5.75 Å². The number of sulfone groups is 1. The van der Waals surface area contributed by atoms with Crippen molar-refractivity contribution in [2.24, 2.45) is 0 Å². The van der Waals surface area contributed by atoms with E-state index in [4.69, 9.17) is 5.41 Å². The molecule has 3 N–H and O–H groups in total. The van der Waals surface area contributed by atoms with Crippen LogP contribution < -0.4 is 0 Å². The summed E-state index contributed by atoms with van der Waals surface area (Å²) in [6, 6.07) is 11.5. The van der Waals surface area contributed by atoms with Crippen LogP contribution in [0.25, 0.3) is 0 Å². The monoisotopic (exact) mass is 291 g/mol. The summed E-state index contributed by atoms with van der Waals surface area (Å²) in [5.74, 6) is -0.988. The lowest BCUT2D eigenvalue weighted by Gasteiger charge is -2.08. The highest BCUT2D eigenvalue weighted by Crippen LogP contribution is 2.24. The van der Waals surface area contributed by atoms with Gasteiger partial charge in [-0.15, -0.1) is 0 Å². The Morgan fingerprint density at radius 2 is 1.70 bits per heavy atom. The molecule has 0 heterocycles. The minimum atomic E-state index is -3.63. The van der Waals surface area contributed by atoms with Gasteiger partial charge in [-0.2, -0.15) is 0 Å². The molecule has 0 fully saturated rings. The summed E-state index contributed by atoms with van der Waals surface area (Å²) in [4.78, 5) is 0.128. The van der Waals surface area contributed by atoms with E-state index in [0.29, 0.717) is 0 Å². The molecular weight excluding hydrogens is 278 g/mol. The van der Waals surface area contributed by atoms with Crippen LogP contribution in [-0.2, 0) is 9.84 Å². The smallest absolute Gasteiger partial charge is 0.184 e. The highest BCUT2D eigenvalue weighted by atomic mass is 32.2. The Labute approximate surface area is 116 Å². The van der Waals surface area contributed by atoms with E-state index in [0.717, 1.165) is 6.07 Å². The molecule has 0 aliphatic rings. The van der Waals surface area contributed by atoms with Crippen LogP contribution in [0.3, 0.4) is 0 Å². The molecule has 5 nitrogen and oxygen atoms in total. The summed E-state index contributed by atoms with van der Waals surface area (Å²) in [6.45, 7) is 0. The number of phenolic OH excluding ortho intramolecular Hbond substituents is 2. The predicted molar refractivity (Wildman–Crippen MR) is 75.1 cm³/mol. The van der Waals surface area contributed by atoms with Gasteiger partial charge in [0.25, 0.3) is 0 Å². The van der Waals surface area contributed by atoms with Crippen LogP contribution in [0.4, 0.5) is 0 Å². The number of hydrogen-bond acceptors (Lipinski definition) is 5. The first-order valence-electron chi connectivity index (χ1n) is 5.78. The molecule has 104 valence electrons. The van der Waals surface area contributed by atoms with E-state index in [1.54, 1.807) is 18.2 Å². The molecule has 0 radical (unpaired) electrons. The average molecular weight is 291 g/mol. The molecule has 2 aromatic carbocycles. The Bertz CT molecular complexity index is 739. The van der Waals surface area contributed by atoms with Gasteiger partial charge < -0.3 is 15.6 Å². The Balaban J connectivity index is 2.28. The van der Waals surface area contributed by atoms with E-state index in [9.17, 15) is 18.6 Å². The summed E-state index contributed by atoms with van der Waals surface area (Å²) >= 11 is 0. The second-order valence-corrected chi connectivity index (χ2v) is 6.24. The van der Waals surface area contributed by atoms with Crippen molar-refractivity contribution in [3.8, 4) is 11.5 Å². The lowest BCUT2D eigenvalue weighted by atomic mass is 10.1. The van der Waals surface area contributed by atoms with Crippen molar-refractivity contribution in [3.05, 3.63) is 54.1 Å². The van der Waals surface area contributed by atoms with E-state index in [2.05, 4.69) is 0 Å². The molecule has 0 amide bonds. The molecule has 0 aromatic heterocycles. The van der Waals surface area contributed by atoms with Gasteiger partial charge >= 0.3 is 0 Å². The maximum Gasteiger partial charge on any atom is 0.184 e. The lowest BCUT2D eigenvalue weighted by molar-refractivity contribution is 0.450. The van der Waals surface area contributed by atoms with Gasteiger partial charge in [0.15, 0.2) is 9.84 Å². The molecule has 0 aliphatic carbocycles. The molecule has 0 aliphatic heterocycles. The largest absolute Gasteiger partial charge is 0.508 e. The van der Waals surface area contributed by atoms with Crippen LogP contribution >= 0.6 is 0 Å². The Hall–Kier alpha value is -2.34. The molecule has 0 spiro atoms. The number of aromatic hydroxyl groups is 2. The lowest BCUT2D eigenvalue weighted by Crippen LogP contribution is -2.16. The van der Waals surface area contributed by atoms with Crippen LogP contribution in [0.5, 0.6) is 11.5 Å². The Kier molecular flexibility index (Phi) is 3.76. The standard InChI is InChI=1S/C14H13NO4S/c15-13(12-7-6-10(16)8-14(12)17)9-20(18,19)11-4-2-1-3-5-11/h1-8,15-17H,9H2. The number of phenols is 2. The predicted octanol–water partition coefficient (Wildman–Crippen LogP) is 1.94. The van der Waals surface area contributed by atoms with Crippen LogP contribution in [0.15, 0.2) is 53.4 Å². The minimum absolute atomic E-state index is 0.0855. The van der Waals surface area contributed by atoms with Crippen molar-refractivity contribution in [1.29, 1.82) is 5.41 Å². The van der Waals surface area contributed by atoms with Crippen molar-refractivity contribution in [2.45, 2.75) is 4.90 Å². The molecular formula is C14H13NO4S. The molecule has 6 heteroatoms. The number of nitrogens with one attached hydrogen (secondary N) is 1. The van der Waals surface area contributed by atoms with Gasteiger partial charge in [0.1, 0.15) is 11.5 Å². The zero-order valence-corrected chi connectivity index (χ0v) is 11.3. The fourth-order valence-corrected chi connectivity index (χ4v) is 3.03. The van der Waals surface area contributed by atoms with Gasteiger partial charge in [-0.3, -0.25) is 0 Å². The molecule has 2 rings (SSSR count). The minimum Gasteiger partial charge on any atom is -0.508 e. The fraction of sp³-hybridized carbons (Fsp3) is 0.0714. The fourth-order valence-electron chi connectivity index (χ4n) is 1.75. The van der Waals surface area contributed by atoms with Crippen molar-refractivity contribution >= 4 is 15.5 Å². The average Bonchev–Trinajstić information content (AvgIpc) is 2.39. The van der Waals surface area contributed by atoms with E-state index in [1.165, 1.54) is 24.3 Å². The van der Waals surface area contributed by atoms with Crippen LogP contribution in [0, 0.1) is 5.41 Å². The van der Waals surface area contributed by atoms with E-state index in [-0.39, 0.29) is 27.7 Å². The van der Waals surface area contributed by atoms with Gasteiger partial charge in [-0.1, -0.05) is 18.2 Å². The first-order chi connectivity index (χ1) is 9.40. The van der Waals surface area contributed by atoms with Gasteiger partial charge in [0.05, 0.1) is 16.4 Å². The van der Waals surface area contributed by atoms with E-state index >= 15 is 0 Å². The van der Waals surface area contributed by atoms with E-state index < -0.39 is 15.6 Å². The number of rotatable bonds is 4. The molecule has 0 bridgehead atoms. The first-order valence-corrected chi connectivity index (χ1v) is 7.43. The zero-order chi connectivity index (χ0) is 14.8. The Morgan fingerprint density at radius 3 is 2.30 bits per heavy atom. The molecule has 0 saturated carbocycles. The van der Waals surface area contributed by atoms with Crippen molar-refractivity contribution in [3.63, 3.8) is 0 Å². The van der Waals surface area contributed by atoms with Crippen LogP contribution in [0.1, 0.15) is 5.56 Å². The van der Waals surface area contributed by atoms with Crippen molar-refractivity contribution < 1.29 is 18.6 Å². The highest BCUT2D eigenvalue weighted by molar-refractivity contribution is 7.92. The van der Waals surface area contributed by atoms with Gasteiger partial charge in [0.2, 0.25) is 0 Å². The molecule has 2 aromatic rings. The first kappa shape index (κ1) is 14.1. The highest BCUT2D eigenvalue weighted by Gasteiger charge is 2.19. The summed E-state index contributed by atoms with van der Waals surface area (Å²) in [5, 5.41) is 26.6. The third-order valence-electron chi connectivity index (χ3n) is 2.74. The van der Waals surface area contributed by atoms with Crippen molar-refractivity contribution in [1.82, 2.24) is 0 Å². The zero-order valence-electron chi connectivity index (χ0n) is 10.4. The normalized spacial score (nSPS) is 11.2. The molecule has 0 unspecified atom stereocenters. The van der Waals surface area contributed by atoms with Crippen LogP contribution in [0.2, 0.25) is 0 Å². The van der Waals surface area contributed by atoms with E-state index in [1.807, 2.05) is 0 Å². The SMILES string of the molecule is N=C(CS(=O)(=O)c1ccccc1)c1ccc(O)cc1O. The molecule has 0 atom stereocenters. The number of hydrogen-bond donors (Lipinski definition) is 3. The third-order valence-corrected chi connectivity index (χ3v) is 4.40. The Morgan fingerprint density at radius 1 is 1.05 bits per heavy atom.